The van der Waals surface area contributed by atoms with Crippen LogP contribution in [0.1, 0.15) is 46.1 Å². The van der Waals surface area contributed by atoms with E-state index in [9.17, 15) is 4.79 Å². The van der Waals surface area contributed by atoms with Gasteiger partial charge in [0, 0.05) is 33.8 Å². The van der Waals surface area contributed by atoms with Crippen molar-refractivity contribution in [3.8, 4) is 28.1 Å². The van der Waals surface area contributed by atoms with Gasteiger partial charge >= 0.3 is 6.09 Å². The van der Waals surface area contributed by atoms with Gasteiger partial charge in [-0.2, -0.15) is 0 Å². The number of benzene rings is 3. The van der Waals surface area contributed by atoms with Crippen LogP contribution in [0.3, 0.4) is 0 Å². The molecule has 1 fully saturated rings. The third-order valence-corrected chi connectivity index (χ3v) is 6.86. The number of halogens is 1. The first-order valence-electron chi connectivity index (χ1n) is 12.6. The molecule has 0 spiro atoms. The van der Waals surface area contributed by atoms with E-state index in [1.165, 1.54) is 28.6 Å². The number of fused-ring (bicyclic) bond motifs is 1. The lowest BCUT2D eigenvalue weighted by Crippen LogP contribution is -2.18. The van der Waals surface area contributed by atoms with Crippen LogP contribution in [0.25, 0.3) is 33.3 Å². The molecule has 0 atom stereocenters. The third kappa shape index (κ3) is 4.80. The molecular formula is C30H31ClN2O3. The minimum atomic E-state index is -0.452. The standard InChI is InChI=1S/C30H31ClN2O3/c1-4-35-25-16-17-26-27(18-25)33(24-6-5-7-24)29(28(26)20-8-12-22(31)13-9-20)21-10-14-23(15-11-21)32-30(34)36-19(2)3/h8-19,24H,4-7H2,1-3H3,(H,32,34). The van der Waals surface area contributed by atoms with E-state index in [4.69, 9.17) is 21.1 Å². The van der Waals surface area contributed by atoms with E-state index >= 15 is 0 Å². The van der Waals surface area contributed by atoms with E-state index in [0.717, 1.165) is 29.7 Å². The Morgan fingerprint density at radius 1 is 1.03 bits per heavy atom. The zero-order valence-corrected chi connectivity index (χ0v) is 21.6. The van der Waals surface area contributed by atoms with Gasteiger partial charge in [-0.3, -0.25) is 5.32 Å². The highest BCUT2D eigenvalue weighted by Gasteiger charge is 2.28. The molecule has 1 aliphatic carbocycles. The van der Waals surface area contributed by atoms with Crippen molar-refractivity contribution in [2.24, 2.45) is 0 Å². The minimum absolute atomic E-state index is 0.175. The number of aromatic nitrogens is 1. The monoisotopic (exact) mass is 502 g/mol. The van der Waals surface area contributed by atoms with E-state index < -0.39 is 6.09 Å². The topological polar surface area (TPSA) is 52.5 Å². The van der Waals surface area contributed by atoms with Gasteiger partial charge in [0.05, 0.1) is 23.9 Å². The molecule has 1 N–H and O–H groups in total. The van der Waals surface area contributed by atoms with Crippen LogP contribution in [0.4, 0.5) is 10.5 Å². The Morgan fingerprint density at radius 3 is 2.33 bits per heavy atom. The largest absolute Gasteiger partial charge is 0.494 e. The molecule has 1 aliphatic rings. The fourth-order valence-corrected chi connectivity index (χ4v) is 4.96. The van der Waals surface area contributed by atoms with Crippen LogP contribution in [0.2, 0.25) is 5.02 Å². The molecule has 1 aromatic heterocycles. The summed E-state index contributed by atoms with van der Waals surface area (Å²) in [5, 5.41) is 4.71. The van der Waals surface area contributed by atoms with Crippen molar-refractivity contribution in [3.63, 3.8) is 0 Å². The summed E-state index contributed by atoms with van der Waals surface area (Å²) >= 11 is 6.24. The lowest BCUT2D eigenvalue weighted by atomic mass is 9.91. The Kier molecular flexibility index (Phi) is 6.92. The highest BCUT2D eigenvalue weighted by atomic mass is 35.5. The smallest absolute Gasteiger partial charge is 0.411 e. The second-order valence-electron chi connectivity index (χ2n) is 9.45. The highest BCUT2D eigenvalue weighted by molar-refractivity contribution is 6.30. The molecule has 0 aliphatic heterocycles. The predicted molar refractivity (Wildman–Crippen MR) is 147 cm³/mol. The van der Waals surface area contributed by atoms with E-state index in [2.05, 4.69) is 46.3 Å². The third-order valence-electron chi connectivity index (χ3n) is 6.61. The van der Waals surface area contributed by atoms with Crippen LogP contribution in [-0.4, -0.2) is 23.4 Å². The summed E-state index contributed by atoms with van der Waals surface area (Å²) in [7, 11) is 0. The summed E-state index contributed by atoms with van der Waals surface area (Å²) in [5.41, 5.74) is 6.42. The number of rotatable bonds is 7. The number of carbonyl (C=O) groups is 1. The molecule has 3 aromatic carbocycles. The predicted octanol–water partition coefficient (Wildman–Crippen LogP) is 8.71. The van der Waals surface area contributed by atoms with Gasteiger partial charge in [-0.25, -0.2) is 4.79 Å². The normalized spacial score (nSPS) is 13.6. The second-order valence-corrected chi connectivity index (χ2v) is 9.89. The number of anilines is 1. The number of ether oxygens (including phenoxy) is 2. The molecule has 186 valence electrons. The Morgan fingerprint density at radius 2 is 1.72 bits per heavy atom. The van der Waals surface area contributed by atoms with Crippen LogP contribution in [0.15, 0.2) is 66.7 Å². The maximum absolute atomic E-state index is 12.1. The minimum Gasteiger partial charge on any atom is -0.494 e. The van der Waals surface area contributed by atoms with Crippen LogP contribution in [0.5, 0.6) is 5.75 Å². The quantitative estimate of drug-likeness (QED) is 0.275. The maximum Gasteiger partial charge on any atom is 0.411 e. The Hall–Kier alpha value is -3.44. The molecule has 0 radical (unpaired) electrons. The molecule has 1 saturated carbocycles. The Balaban J connectivity index is 1.67. The van der Waals surface area contributed by atoms with Crippen molar-refractivity contribution >= 4 is 34.3 Å². The van der Waals surface area contributed by atoms with Crippen molar-refractivity contribution in [3.05, 3.63) is 71.8 Å². The Bertz CT molecular complexity index is 1370. The number of nitrogens with one attached hydrogen (secondary N) is 1. The number of nitrogens with zero attached hydrogens (tertiary/aromatic N) is 1. The maximum atomic E-state index is 12.1. The lowest BCUT2D eigenvalue weighted by Gasteiger charge is -2.30. The first kappa shape index (κ1) is 24.3. The lowest BCUT2D eigenvalue weighted by molar-refractivity contribution is 0.130. The molecule has 0 bridgehead atoms. The van der Waals surface area contributed by atoms with Crippen LogP contribution in [-0.2, 0) is 4.74 Å². The van der Waals surface area contributed by atoms with Gasteiger partial charge in [-0.15, -0.1) is 0 Å². The molecule has 6 heteroatoms. The van der Waals surface area contributed by atoms with Gasteiger partial charge in [-0.05, 0) is 87.6 Å². The molecule has 5 nitrogen and oxygen atoms in total. The summed E-state index contributed by atoms with van der Waals surface area (Å²) in [6, 6.07) is 22.8. The molecule has 36 heavy (non-hydrogen) atoms. The van der Waals surface area contributed by atoms with Crippen molar-refractivity contribution in [1.29, 1.82) is 0 Å². The van der Waals surface area contributed by atoms with Gasteiger partial charge in [0.1, 0.15) is 5.75 Å². The van der Waals surface area contributed by atoms with E-state index in [0.29, 0.717) is 23.4 Å². The molecule has 5 rings (SSSR count). The first-order chi connectivity index (χ1) is 17.4. The average molecular weight is 503 g/mol. The summed E-state index contributed by atoms with van der Waals surface area (Å²) in [4.78, 5) is 12.1. The number of amides is 1. The summed E-state index contributed by atoms with van der Waals surface area (Å²) in [6.45, 7) is 6.29. The van der Waals surface area contributed by atoms with Crippen molar-refractivity contribution in [2.45, 2.75) is 52.2 Å². The summed E-state index contributed by atoms with van der Waals surface area (Å²) < 4.78 is 13.6. The van der Waals surface area contributed by atoms with Gasteiger partial charge in [-0.1, -0.05) is 35.9 Å². The van der Waals surface area contributed by atoms with Crippen LogP contribution < -0.4 is 10.1 Å². The SMILES string of the molecule is CCOc1ccc2c(-c3ccc(Cl)cc3)c(-c3ccc(NC(=O)OC(C)C)cc3)n(C3CCC3)c2c1. The molecule has 4 aromatic rings. The zero-order valence-electron chi connectivity index (χ0n) is 20.9. The summed E-state index contributed by atoms with van der Waals surface area (Å²) in [5.74, 6) is 0.875. The van der Waals surface area contributed by atoms with E-state index in [-0.39, 0.29) is 6.10 Å². The van der Waals surface area contributed by atoms with Crippen LogP contribution >= 0.6 is 11.6 Å². The fourth-order valence-electron chi connectivity index (χ4n) is 4.84. The zero-order chi connectivity index (χ0) is 25.2. The molecule has 1 amide bonds. The highest BCUT2D eigenvalue weighted by Crippen LogP contribution is 2.47. The summed E-state index contributed by atoms with van der Waals surface area (Å²) in [6.07, 6.45) is 2.90. The first-order valence-corrected chi connectivity index (χ1v) is 13.0. The van der Waals surface area contributed by atoms with E-state index in [1.54, 1.807) is 0 Å². The van der Waals surface area contributed by atoms with Crippen molar-refractivity contribution < 1.29 is 14.3 Å². The molecular weight excluding hydrogens is 472 g/mol. The number of carbonyl (C=O) groups excluding carboxylic acids is 1. The van der Waals surface area contributed by atoms with Gasteiger partial charge in [0.2, 0.25) is 0 Å². The van der Waals surface area contributed by atoms with Gasteiger partial charge in [0.25, 0.3) is 0 Å². The van der Waals surface area contributed by atoms with Crippen molar-refractivity contribution in [2.75, 3.05) is 11.9 Å². The number of hydrogen-bond donors (Lipinski definition) is 1. The Labute approximate surface area is 217 Å². The molecule has 1 heterocycles. The fraction of sp³-hybridized carbons (Fsp3) is 0.300. The van der Waals surface area contributed by atoms with Gasteiger partial charge < -0.3 is 14.0 Å². The van der Waals surface area contributed by atoms with E-state index in [1.807, 2.05) is 51.1 Å². The van der Waals surface area contributed by atoms with Crippen molar-refractivity contribution in [1.82, 2.24) is 4.57 Å². The van der Waals surface area contributed by atoms with Crippen LogP contribution in [0, 0.1) is 0 Å². The average Bonchev–Trinajstić information content (AvgIpc) is 3.13. The number of hydrogen-bond acceptors (Lipinski definition) is 3. The molecule has 0 saturated heterocycles. The molecule has 0 unspecified atom stereocenters. The van der Waals surface area contributed by atoms with Gasteiger partial charge in [0.15, 0.2) is 0 Å². The second kappa shape index (κ2) is 10.3.